The second-order valence-electron chi connectivity index (χ2n) is 10.6. The predicted octanol–water partition coefficient (Wildman–Crippen LogP) is 3.94. The molecule has 0 spiro atoms. The topological polar surface area (TPSA) is 105 Å². The van der Waals surface area contributed by atoms with Crippen molar-refractivity contribution in [3.8, 4) is 6.07 Å². The lowest BCUT2D eigenvalue weighted by Gasteiger charge is -2.37. The van der Waals surface area contributed by atoms with Gasteiger partial charge in [0.2, 0.25) is 5.91 Å². The fourth-order valence-corrected chi connectivity index (χ4v) is 5.28. The molecule has 3 rings (SSSR count). The van der Waals surface area contributed by atoms with E-state index in [1.54, 1.807) is 0 Å². The van der Waals surface area contributed by atoms with Crippen molar-refractivity contribution in [1.82, 2.24) is 10.6 Å². The van der Waals surface area contributed by atoms with Crippen molar-refractivity contribution in [2.24, 2.45) is 5.41 Å². The van der Waals surface area contributed by atoms with Crippen LogP contribution in [0.25, 0.3) is 0 Å². The maximum absolute atomic E-state index is 15.5. The molecule has 10 heteroatoms. The van der Waals surface area contributed by atoms with Crippen LogP contribution in [0, 0.1) is 34.2 Å². The average molecular weight is 538 g/mol. The zero-order chi connectivity index (χ0) is 27.5. The number of benzene rings is 2. The molecule has 2 aromatic rings. The Morgan fingerprint density at radius 3 is 2.54 bits per heavy atom. The Kier molecular flexibility index (Phi) is 8.91. The Labute approximate surface area is 219 Å². The van der Waals surface area contributed by atoms with Crippen molar-refractivity contribution >= 4 is 17.5 Å². The molecule has 1 aliphatic rings. The first-order valence-corrected chi connectivity index (χ1v) is 12.4. The molecule has 6 nitrogen and oxygen atoms in total. The third-order valence-corrected chi connectivity index (χ3v) is 6.95. The van der Waals surface area contributed by atoms with Crippen molar-refractivity contribution < 1.29 is 28.2 Å². The van der Waals surface area contributed by atoms with Gasteiger partial charge in [-0.05, 0) is 42.0 Å². The van der Waals surface area contributed by atoms with Gasteiger partial charge in [0, 0.05) is 29.1 Å². The van der Waals surface area contributed by atoms with Crippen LogP contribution in [0.15, 0.2) is 36.4 Å². The van der Waals surface area contributed by atoms with Crippen LogP contribution in [-0.4, -0.2) is 47.5 Å². The second kappa shape index (κ2) is 11.4. The first kappa shape index (κ1) is 28.9. The molecule has 0 saturated carbocycles. The van der Waals surface area contributed by atoms with E-state index in [2.05, 4.69) is 16.7 Å². The third-order valence-electron chi connectivity index (χ3n) is 6.72. The fraction of sp³-hybridized carbons (Fsp3) is 0.481. The molecule has 1 saturated heterocycles. The molecular weight excluding hydrogens is 507 g/mol. The van der Waals surface area contributed by atoms with E-state index in [1.807, 2.05) is 20.8 Å². The van der Waals surface area contributed by atoms with Gasteiger partial charge in [-0.1, -0.05) is 50.6 Å². The Morgan fingerprint density at radius 2 is 1.95 bits per heavy atom. The van der Waals surface area contributed by atoms with E-state index >= 15 is 8.78 Å². The molecule has 0 bridgehead atoms. The summed E-state index contributed by atoms with van der Waals surface area (Å²) in [5.74, 6) is -5.15. The molecule has 1 heterocycles. The van der Waals surface area contributed by atoms with Gasteiger partial charge in [0.25, 0.3) is 0 Å². The number of nitrogens with one attached hydrogen (secondary N) is 2. The van der Waals surface area contributed by atoms with Crippen molar-refractivity contribution in [2.75, 3.05) is 13.2 Å². The van der Waals surface area contributed by atoms with E-state index in [9.17, 15) is 19.6 Å². The summed E-state index contributed by atoms with van der Waals surface area (Å²) in [6.45, 7) is 5.23. The molecule has 4 N–H and O–H groups in total. The molecule has 37 heavy (non-hydrogen) atoms. The van der Waals surface area contributed by atoms with Gasteiger partial charge < -0.3 is 20.8 Å². The number of nitriles is 1. The van der Waals surface area contributed by atoms with Gasteiger partial charge in [-0.25, -0.2) is 13.2 Å². The fourth-order valence-electron chi connectivity index (χ4n) is 5.12. The average Bonchev–Trinajstić information content (AvgIpc) is 3.13. The minimum absolute atomic E-state index is 0.0180. The van der Waals surface area contributed by atoms with Gasteiger partial charge in [0.05, 0.1) is 24.8 Å². The number of aliphatic hydroxyl groups excluding tert-OH is 2. The number of nitrogens with zero attached hydrogens (tertiary/aromatic N) is 1. The summed E-state index contributed by atoms with van der Waals surface area (Å²) in [6.07, 6.45) is -0.708. The maximum Gasteiger partial charge on any atom is 0.237 e. The minimum Gasteiger partial charge on any atom is -0.394 e. The molecule has 5 atom stereocenters. The van der Waals surface area contributed by atoms with E-state index in [0.717, 1.165) is 12.1 Å². The van der Waals surface area contributed by atoms with Crippen molar-refractivity contribution in [2.45, 2.75) is 63.1 Å². The number of hydrogen-bond donors (Lipinski definition) is 4. The second-order valence-corrected chi connectivity index (χ2v) is 11.0. The largest absolute Gasteiger partial charge is 0.394 e. The van der Waals surface area contributed by atoms with Crippen LogP contribution in [0.1, 0.15) is 50.7 Å². The summed E-state index contributed by atoms with van der Waals surface area (Å²) in [5.41, 5.74) is -2.54. The van der Waals surface area contributed by atoms with Crippen molar-refractivity contribution in [3.05, 3.63) is 70.0 Å². The lowest BCUT2D eigenvalue weighted by molar-refractivity contribution is -0.123. The van der Waals surface area contributed by atoms with Crippen molar-refractivity contribution in [1.29, 1.82) is 5.26 Å². The Bertz CT molecular complexity index is 1180. The summed E-state index contributed by atoms with van der Waals surface area (Å²) >= 11 is 5.98. The predicted molar refractivity (Wildman–Crippen MR) is 133 cm³/mol. The number of carbonyl (C=O) groups is 1. The molecule has 0 radical (unpaired) electrons. The molecule has 200 valence electrons. The standard InChI is InChI=1S/C27H31ClF3N3O3/c1-26(2,3)12-21-27(14-32,18-8-7-15(28)11-20(18)30)22(17-5-4-6-19(29)23(17)31)24(34-21)25(37)33-10-9-16(36)13-35/h4-8,11,16,21-22,24,34-36H,9-10,12-13H2,1-3H3,(H,33,37)/t16-,21?,22?,24?,27?/m0/s1. The SMILES string of the molecule is CC(C)(C)CC1NC(C(=O)NCC[C@H](O)CO)C(c2cccc(F)c2F)C1(C#N)c1ccc(Cl)cc1F. The van der Waals surface area contributed by atoms with Crippen molar-refractivity contribution in [3.63, 3.8) is 0 Å². The maximum atomic E-state index is 15.5. The molecule has 1 fully saturated rings. The van der Waals surface area contributed by atoms with E-state index in [-0.39, 0.29) is 29.1 Å². The zero-order valence-corrected chi connectivity index (χ0v) is 21.6. The van der Waals surface area contributed by atoms with Gasteiger partial charge >= 0.3 is 0 Å². The minimum atomic E-state index is -1.82. The quantitative estimate of drug-likeness (QED) is 0.408. The number of halogens is 4. The van der Waals surface area contributed by atoms with E-state index in [1.165, 1.54) is 24.3 Å². The smallest absolute Gasteiger partial charge is 0.237 e. The van der Waals surface area contributed by atoms with Crippen LogP contribution in [0.4, 0.5) is 13.2 Å². The van der Waals surface area contributed by atoms with Crippen LogP contribution in [0.5, 0.6) is 0 Å². The molecule has 1 aliphatic heterocycles. The van der Waals surface area contributed by atoms with E-state index in [4.69, 9.17) is 16.7 Å². The highest BCUT2D eigenvalue weighted by Gasteiger charge is 2.61. The van der Waals surface area contributed by atoms with E-state index < -0.39 is 64.9 Å². The van der Waals surface area contributed by atoms with Gasteiger partial charge in [0.1, 0.15) is 11.2 Å². The van der Waals surface area contributed by atoms with Crippen LogP contribution in [0.3, 0.4) is 0 Å². The van der Waals surface area contributed by atoms with Crippen LogP contribution < -0.4 is 10.6 Å². The summed E-state index contributed by atoms with van der Waals surface area (Å²) in [4.78, 5) is 13.4. The molecule has 0 aliphatic carbocycles. The molecule has 0 aromatic heterocycles. The van der Waals surface area contributed by atoms with Gasteiger partial charge in [-0.2, -0.15) is 5.26 Å². The molecule has 1 amide bonds. The highest BCUT2D eigenvalue weighted by atomic mass is 35.5. The van der Waals surface area contributed by atoms with Crippen LogP contribution in [0.2, 0.25) is 5.02 Å². The molecule has 4 unspecified atom stereocenters. The zero-order valence-electron chi connectivity index (χ0n) is 20.9. The monoisotopic (exact) mass is 537 g/mol. The Hall–Kier alpha value is -2.64. The highest BCUT2D eigenvalue weighted by Crippen LogP contribution is 2.52. The number of hydrogen-bond acceptors (Lipinski definition) is 5. The summed E-state index contributed by atoms with van der Waals surface area (Å²) in [7, 11) is 0. The highest BCUT2D eigenvalue weighted by molar-refractivity contribution is 6.30. The summed E-state index contributed by atoms with van der Waals surface area (Å²) in [5, 5.41) is 35.2. The lowest BCUT2D eigenvalue weighted by Crippen LogP contribution is -2.46. The first-order chi connectivity index (χ1) is 17.4. The van der Waals surface area contributed by atoms with Gasteiger partial charge in [-0.3, -0.25) is 4.79 Å². The summed E-state index contributed by atoms with van der Waals surface area (Å²) < 4.78 is 45.2. The normalized spacial score (nSPS) is 24.5. The molecular formula is C27H31ClF3N3O3. The number of rotatable bonds is 8. The van der Waals surface area contributed by atoms with Crippen LogP contribution >= 0.6 is 11.6 Å². The molecule has 2 aromatic carbocycles. The first-order valence-electron chi connectivity index (χ1n) is 12.0. The van der Waals surface area contributed by atoms with Gasteiger partial charge in [0.15, 0.2) is 11.6 Å². The van der Waals surface area contributed by atoms with E-state index in [0.29, 0.717) is 6.42 Å². The Morgan fingerprint density at radius 1 is 1.24 bits per heavy atom. The van der Waals surface area contributed by atoms with Crippen LogP contribution in [-0.2, 0) is 10.2 Å². The lowest BCUT2D eigenvalue weighted by atomic mass is 9.62. The van der Waals surface area contributed by atoms with Gasteiger partial charge in [-0.15, -0.1) is 0 Å². The third kappa shape index (κ3) is 5.93. The summed E-state index contributed by atoms with van der Waals surface area (Å²) in [6, 6.07) is 7.43. The Balaban J connectivity index is 2.24. The number of aliphatic hydroxyl groups is 2. The number of amides is 1. The number of carbonyl (C=O) groups excluding carboxylic acids is 1.